The smallest absolute Gasteiger partial charge is 0.266 e. The Hall–Kier alpha value is -6.24. The SMILES string of the molecule is COc1cccc(CNNC(=O)[C@@]2(Cc3ccccc3N=[N+]=[N-])N=C(c3ccc(OCCCO)cc3)O[C@H]2c2ccccc2N=[N+]=[N-])c1OC. The number of rotatable bonds is 16. The van der Waals surface area contributed by atoms with Gasteiger partial charge in [-0.3, -0.25) is 10.2 Å². The van der Waals surface area contributed by atoms with Crippen LogP contribution in [-0.4, -0.2) is 49.9 Å². The molecule has 0 bridgehead atoms. The molecule has 1 heterocycles. The first-order chi connectivity index (χ1) is 24.5. The Labute approximate surface area is 287 Å². The van der Waals surface area contributed by atoms with Crippen LogP contribution in [0.15, 0.2) is 106 Å². The van der Waals surface area contributed by atoms with Crippen molar-refractivity contribution in [3.8, 4) is 17.2 Å². The van der Waals surface area contributed by atoms with Crippen LogP contribution in [0.25, 0.3) is 20.9 Å². The van der Waals surface area contributed by atoms with E-state index in [0.717, 1.165) is 0 Å². The number of hydrogen-bond donors (Lipinski definition) is 3. The molecule has 0 unspecified atom stereocenters. The van der Waals surface area contributed by atoms with Gasteiger partial charge in [0.15, 0.2) is 23.1 Å². The van der Waals surface area contributed by atoms with Gasteiger partial charge in [-0.25, -0.2) is 10.4 Å². The second-order valence-corrected chi connectivity index (χ2v) is 11.0. The summed E-state index contributed by atoms with van der Waals surface area (Å²) in [7, 11) is 3.07. The number of hydrazine groups is 1. The number of carbonyl (C=O) groups excluding carboxylic acids is 1. The molecule has 2 atom stereocenters. The average Bonchev–Trinajstić information content (AvgIpc) is 3.53. The zero-order valence-corrected chi connectivity index (χ0v) is 27.4. The minimum atomic E-state index is -1.72. The van der Waals surface area contributed by atoms with E-state index in [0.29, 0.717) is 58.2 Å². The molecule has 256 valence electrons. The molecular weight excluding hydrogens is 642 g/mol. The summed E-state index contributed by atoms with van der Waals surface area (Å²) in [5.41, 5.74) is 25.6. The van der Waals surface area contributed by atoms with Crippen LogP contribution < -0.4 is 25.1 Å². The highest BCUT2D eigenvalue weighted by molar-refractivity contribution is 6.01. The number of aliphatic imine (C=N–C) groups is 1. The molecule has 3 N–H and O–H groups in total. The third kappa shape index (κ3) is 7.73. The molecule has 4 aromatic carbocycles. The summed E-state index contributed by atoms with van der Waals surface area (Å²) in [6, 6.07) is 26.0. The van der Waals surface area contributed by atoms with Crippen LogP contribution in [0.1, 0.15) is 34.8 Å². The number of nitrogens with one attached hydrogen (secondary N) is 2. The van der Waals surface area contributed by atoms with Gasteiger partial charge in [0.05, 0.1) is 20.8 Å². The zero-order chi connectivity index (χ0) is 35.3. The lowest BCUT2D eigenvalue weighted by Gasteiger charge is -2.31. The van der Waals surface area contributed by atoms with Crippen LogP contribution in [0.3, 0.4) is 0 Å². The van der Waals surface area contributed by atoms with Crippen molar-refractivity contribution in [2.75, 3.05) is 27.4 Å². The monoisotopic (exact) mass is 677 g/mol. The van der Waals surface area contributed by atoms with E-state index < -0.39 is 17.6 Å². The van der Waals surface area contributed by atoms with Gasteiger partial charge in [-0.15, -0.1) is 0 Å². The van der Waals surface area contributed by atoms with E-state index in [9.17, 15) is 15.9 Å². The molecule has 0 saturated heterocycles. The van der Waals surface area contributed by atoms with Crippen LogP contribution in [0.4, 0.5) is 11.4 Å². The number of benzene rings is 4. The Morgan fingerprint density at radius 1 is 0.920 bits per heavy atom. The number of aliphatic hydroxyl groups excluding tert-OH is 1. The minimum Gasteiger partial charge on any atom is -0.494 e. The van der Waals surface area contributed by atoms with Gasteiger partial charge in [-0.2, -0.15) is 0 Å². The molecule has 15 heteroatoms. The quantitative estimate of drug-likeness (QED) is 0.0385. The third-order valence-corrected chi connectivity index (χ3v) is 7.97. The number of hydrogen-bond acceptors (Lipinski definition) is 10. The Morgan fingerprint density at radius 2 is 1.62 bits per heavy atom. The molecule has 0 aromatic heterocycles. The van der Waals surface area contributed by atoms with Gasteiger partial charge < -0.3 is 24.1 Å². The van der Waals surface area contributed by atoms with Crippen molar-refractivity contribution in [2.45, 2.75) is 31.0 Å². The number of aliphatic hydroxyl groups is 1. The number of ether oxygens (including phenoxy) is 4. The molecule has 1 amide bonds. The van der Waals surface area contributed by atoms with Gasteiger partial charge in [0.25, 0.3) is 5.91 Å². The van der Waals surface area contributed by atoms with E-state index >= 15 is 0 Å². The maximum atomic E-state index is 14.7. The second kappa shape index (κ2) is 16.7. The summed E-state index contributed by atoms with van der Waals surface area (Å²) in [5.74, 6) is 1.19. The fourth-order valence-corrected chi connectivity index (χ4v) is 5.63. The van der Waals surface area contributed by atoms with Crippen LogP contribution in [-0.2, 0) is 22.5 Å². The zero-order valence-electron chi connectivity index (χ0n) is 27.4. The molecule has 4 aromatic rings. The van der Waals surface area contributed by atoms with E-state index in [4.69, 9.17) is 29.0 Å². The molecule has 15 nitrogen and oxygen atoms in total. The highest BCUT2D eigenvalue weighted by atomic mass is 16.5. The van der Waals surface area contributed by atoms with E-state index in [-0.39, 0.29) is 31.2 Å². The summed E-state index contributed by atoms with van der Waals surface area (Å²) in [6.45, 7) is 0.511. The lowest BCUT2D eigenvalue weighted by molar-refractivity contribution is -0.130. The van der Waals surface area contributed by atoms with Crippen molar-refractivity contribution in [3.63, 3.8) is 0 Å². The molecule has 1 aliphatic heterocycles. The summed E-state index contributed by atoms with van der Waals surface area (Å²) in [4.78, 5) is 25.6. The molecule has 0 aliphatic carbocycles. The van der Waals surface area contributed by atoms with Gasteiger partial charge in [-0.1, -0.05) is 70.9 Å². The van der Waals surface area contributed by atoms with Crippen LogP contribution in [0.5, 0.6) is 17.2 Å². The highest BCUT2D eigenvalue weighted by Crippen LogP contribution is 2.46. The molecule has 0 spiro atoms. The first kappa shape index (κ1) is 35.1. The van der Waals surface area contributed by atoms with E-state index in [1.165, 1.54) is 14.2 Å². The number of azide groups is 2. The number of amides is 1. The Bertz CT molecular complexity index is 1940. The summed E-state index contributed by atoms with van der Waals surface area (Å²) >= 11 is 0. The van der Waals surface area contributed by atoms with Crippen molar-refractivity contribution >= 4 is 23.2 Å². The highest BCUT2D eigenvalue weighted by Gasteiger charge is 2.54. The minimum absolute atomic E-state index is 0.0103. The van der Waals surface area contributed by atoms with Crippen molar-refractivity contribution < 1.29 is 28.8 Å². The maximum Gasteiger partial charge on any atom is 0.266 e. The Balaban J connectivity index is 1.60. The number of para-hydroxylation sites is 1. The number of methoxy groups -OCH3 is 2. The van der Waals surface area contributed by atoms with Gasteiger partial charge in [0.2, 0.25) is 5.90 Å². The third-order valence-electron chi connectivity index (χ3n) is 7.97. The largest absolute Gasteiger partial charge is 0.494 e. The molecule has 0 radical (unpaired) electrons. The summed E-state index contributed by atoms with van der Waals surface area (Å²) in [6.07, 6.45) is -0.691. The van der Waals surface area contributed by atoms with Gasteiger partial charge in [-0.05, 0) is 47.0 Å². The molecule has 5 rings (SSSR count). The van der Waals surface area contributed by atoms with Crippen molar-refractivity contribution in [3.05, 3.63) is 134 Å². The van der Waals surface area contributed by atoms with Gasteiger partial charge >= 0.3 is 0 Å². The number of nitrogens with zero attached hydrogens (tertiary/aromatic N) is 7. The predicted octanol–water partition coefficient (Wildman–Crippen LogP) is 6.67. The topological polar surface area (TPSA) is 208 Å². The fraction of sp³-hybridized carbons (Fsp3) is 0.257. The summed E-state index contributed by atoms with van der Waals surface area (Å²) in [5, 5.41) is 16.8. The first-order valence-corrected chi connectivity index (χ1v) is 15.6. The standard InChI is InChI=1S/C35H35N9O6/c1-47-30-14-7-10-25(31(30)48-2)22-38-42-34(46)35(21-24-9-3-5-12-28(24)40-43-36)32(27-11-4-6-13-29(27)41-44-37)50-33(39-35)23-15-17-26(18-16-23)49-20-8-19-45/h3-7,9-18,32,38,45H,8,19-22H2,1-2H3,(H,42,46)/t32-,35-/m0/s1. The van der Waals surface area contributed by atoms with Crippen molar-refractivity contribution in [1.82, 2.24) is 10.9 Å². The molecule has 1 aliphatic rings. The second-order valence-electron chi connectivity index (χ2n) is 11.0. The Morgan fingerprint density at radius 3 is 2.34 bits per heavy atom. The van der Waals surface area contributed by atoms with E-state index in [2.05, 4.69) is 30.9 Å². The number of carbonyl (C=O) groups is 1. The Kier molecular flexibility index (Phi) is 11.7. The van der Waals surface area contributed by atoms with E-state index in [1.54, 1.807) is 84.9 Å². The molecule has 0 fully saturated rings. The van der Waals surface area contributed by atoms with Crippen molar-refractivity contribution in [1.29, 1.82) is 0 Å². The maximum absolute atomic E-state index is 14.7. The predicted molar refractivity (Wildman–Crippen MR) is 185 cm³/mol. The molecule has 0 saturated carbocycles. The average molecular weight is 678 g/mol. The normalized spacial score (nSPS) is 16.2. The lowest BCUT2D eigenvalue weighted by Crippen LogP contribution is -2.53. The van der Waals surface area contributed by atoms with Crippen molar-refractivity contribution in [2.24, 2.45) is 15.2 Å². The molecule has 50 heavy (non-hydrogen) atoms. The molecular formula is C35H35N9O6. The lowest BCUT2D eigenvalue weighted by atomic mass is 9.81. The van der Waals surface area contributed by atoms with Crippen LogP contribution in [0, 0.1) is 0 Å². The van der Waals surface area contributed by atoms with Gasteiger partial charge in [0.1, 0.15) is 5.75 Å². The van der Waals surface area contributed by atoms with E-state index in [1.807, 2.05) is 6.07 Å². The van der Waals surface area contributed by atoms with Crippen LogP contribution in [0.2, 0.25) is 0 Å². The summed E-state index contributed by atoms with van der Waals surface area (Å²) < 4.78 is 23.2. The fourth-order valence-electron chi connectivity index (χ4n) is 5.63. The van der Waals surface area contributed by atoms with Gasteiger partial charge in [0, 0.05) is 63.9 Å². The van der Waals surface area contributed by atoms with Crippen LogP contribution >= 0.6 is 0 Å². The first-order valence-electron chi connectivity index (χ1n) is 15.6.